The molecule has 1 aromatic rings. The maximum absolute atomic E-state index is 11.8. The van der Waals surface area contributed by atoms with Gasteiger partial charge >= 0.3 is 0 Å². The van der Waals surface area contributed by atoms with Crippen LogP contribution in [0.3, 0.4) is 0 Å². The molecular formula is C10H19Cl2N5O. The number of carbonyl (C=O) groups excluding carboxylic acids is 1. The Morgan fingerprint density at radius 3 is 2.94 bits per heavy atom. The van der Waals surface area contributed by atoms with E-state index in [0.29, 0.717) is 6.54 Å². The van der Waals surface area contributed by atoms with Crippen molar-refractivity contribution in [2.75, 3.05) is 6.54 Å². The summed E-state index contributed by atoms with van der Waals surface area (Å²) < 4.78 is 1.72. The van der Waals surface area contributed by atoms with Gasteiger partial charge in [0, 0.05) is 6.04 Å². The standard InChI is InChI=1S/C10H17N5O.2ClH/c1-8(5-15-7-11-6-13-15)14-10(16)9-3-2-4-12-9;;/h6-9,12H,2-5H2,1H3,(H,14,16);2*1H. The molecule has 2 unspecified atom stereocenters. The average molecular weight is 296 g/mol. The Kier molecular flexibility index (Phi) is 7.90. The second-order valence-electron chi connectivity index (χ2n) is 4.18. The summed E-state index contributed by atoms with van der Waals surface area (Å²) in [5.74, 6) is 0.0881. The Bertz CT molecular complexity index is 340. The van der Waals surface area contributed by atoms with Gasteiger partial charge in [-0.1, -0.05) is 0 Å². The second kappa shape index (κ2) is 8.29. The molecule has 0 radical (unpaired) electrons. The third-order valence-corrected chi connectivity index (χ3v) is 2.69. The quantitative estimate of drug-likeness (QED) is 0.842. The van der Waals surface area contributed by atoms with E-state index in [4.69, 9.17) is 0 Å². The molecule has 2 atom stereocenters. The maximum Gasteiger partial charge on any atom is 0.237 e. The minimum atomic E-state index is -0.0156. The normalized spacial score (nSPS) is 19.5. The van der Waals surface area contributed by atoms with Crippen molar-refractivity contribution < 1.29 is 4.79 Å². The summed E-state index contributed by atoms with van der Waals surface area (Å²) in [6, 6.07) is 0.0507. The van der Waals surface area contributed by atoms with Crippen LogP contribution in [0, 0.1) is 0 Å². The Morgan fingerprint density at radius 1 is 1.61 bits per heavy atom. The predicted octanol–water partition coefficient (Wildman–Crippen LogP) is 0.378. The highest BCUT2D eigenvalue weighted by Crippen LogP contribution is 2.05. The van der Waals surface area contributed by atoms with Crippen LogP contribution >= 0.6 is 24.8 Å². The number of aromatic nitrogens is 3. The summed E-state index contributed by atoms with van der Waals surface area (Å²) in [7, 11) is 0. The first-order valence-corrected chi connectivity index (χ1v) is 5.62. The lowest BCUT2D eigenvalue weighted by molar-refractivity contribution is -0.123. The van der Waals surface area contributed by atoms with E-state index in [9.17, 15) is 4.79 Å². The Hall–Kier alpha value is -0.850. The smallest absolute Gasteiger partial charge is 0.237 e. The van der Waals surface area contributed by atoms with Gasteiger partial charge in [-0.3, -0.25) is 9.48 Å². The number of rotatable bonds is 4. The molecule has 0 aromatic carbocycles. The first-order chi connectivity index (χ1) is 7.75. The van der Waals surface area contributed by atoms with E-state index in [1.165, 1.54) is 6.33 Å². The number of nitrogens with zero attached hydrogens (tertiary/aromatic N) is 3. The molecule has 0 aliphatic carbocycles. The molecule has 18 heavy (non-hydrogen) atoms. The summed E-state index contributed by atoms with van der Waals surface area (Å²) in [5, 5.41) is 10.1. The highest BCUT2D eigenvalue weighted by Gasteiger charge is 2.22. The molecular weight excluding hydrogens is 277 g/mol. The van der Waals surface area contributed by atoms with Crippen LogP contribution in [0.15, 0.2) is 12.7 Å². The molecule has 1 fully saturated rings. The van der Waals surface area contributed by atoms with Crippen LogP contribution in [-0.2, 0) is 11.3 Å². The van der Waals surface area contributed by atoms with Gasteiger partial charge < -0.3 is 10.6 Å². The number of hydrogen-bond donors (Lipinski definition) is 2. The van der Waals surface area contributed by atoms with Gasteiger partial charge in [-0.25, -0.2) is 4.98 Å². The number of amides is 1. The molecule has 0 bridgehead atoms. The van der Waals surface area contributed by atoms with Crippen LogP contribution in [0.1, 0.15) is 19.8 Å². The lowest BCUT2D eigenvalue weighted by Gasteiger charge is -2.16. The van der Waals surface area contributed by atoms with Gasteiger partial charge in [-0.2, -0.15) is 5.10 Å². The van der Waals surface area contributed by atoms with E-state index < -0.39 is 0 Å². The molecule has 8 heteroatoms. The van der Waals surface area contributed by atoms with E-state index in [2.05, 4.69) is 20.7 Å². The minimum Gasteiger partial charge on any atom is -0.350 e. The molecule has 2 heterocycles. The number of hydrogen-bond acceptors (Lipinski definition) is 4. The van der Waals surface area contributed by atoms with Crippen LogP contribution in [0.2, 0.25) is 0 Å². The van der Waals surface area contributed by atoms with Gasteiger partial charge in [-0.15, -0.1) is 24.8 Å². The SMILES string of the molecule is CC(Cn1cncn1)NC(=O)C1CCCN1.Cl.Cl. The monoisotopic (exact) mass is 295 g/mol. The van der Waals surface area contributed by atoms with Crippen molar-refractivity contribution in [1.82, 2.24) is 25.4 Å². The van der Waals surface area contributed by atoms with Gasteiger partial charge in [0.1, 0.15) is 12.7 Å². The van der Waals surface area contributed by atoms with E-state index in [0.717, 1.165) is 19.4 Å². The molecule has 1 aliphatic heterocycles. The fourth-order valence-electron chi connectivity index (χ4n) is 1.91. The molecule has 0 spiro atoms. The van der Waals surface area contributed by atoms with Crippen LogP contribution in [0.4, 0.5) is 0 Å². The van der Waals surface area contributed by atoms with Crippen molar-refractivity contribution in [2.24, 2.45) is 0 Å². The van der Waals surface area contributed by atoms with Crippen molar-refractivity contribution in [1.29, 1.82) is 0 Å². The fraction of sp³-hybridized carbons (Fsp3) is 0.700. The predicted molar refractivity (Wildman–Crippen MR) is 73.1 cm³/mol. The van der Waals surface area contributed by atoms with Gasteiger partial charge in [0.2, 0.25) is 5.91 Å². The minimum absolute atomic E-state index is 0. The topological polar surface area (TPSA) is 71.8 Å². The molecule has 2 rings (SSSR count). The summed E-state index contributed by atoms with van der Waals surface area (Å²) in [6.45, 7) is 3.56. The maximum atomic E-state index is 11.8. The third kappa shape index (κ3) is 4.80. The van der Waals surface area contributed by atoms with Crippen LogP contribution in [0.25, 0.3) is 0 Å². The largest absolute Gasteiger partial charge is 0.350 e. The summed E-state index contributed by atoms with van der Waals surface area (Å²) in [5.41, 5.74) is 0. The fourth-order valence-corrected chi connectivity index (χ4v) is 1.91. The van der Waals surface area contributed by atoms with Crippen molar-refractivity contribution in [3.05, 3.63) is 12.7 Å². The van der Waals surface area contributed by atoms with E-state index >= 15 is 0 Å². The summed E-state index contributed by atoms with van der Waals surface area (Å²) >= 11 is 0. The first-order valence-electron chi connectivity index (χ1n) is 5.62. The highest BCUT2D eigenvalue weighted by molar-refractivity contribution is 5.85. The van der Waals surface area contributed by atoms with Crippen LogP contribution in [-0.4, -0.2) is 39.3 Å². The summed E-state index contributed by atoms with van der Waals surface area (Å²) in [4.78, 5) is 15.6. The Labute approximate surface area is 119 Å². The van der Waals surface area contributed by atoms with Crippen molar-refractivity contribution in [3.63, 3.8) is 0 Å². The lowest BCUT2D eigenvalue weighted by Crippen LogP contribution is -2.45. The first kappa shape index (κ1) is 17.2. The number of halogens is 2. The molecule has 1 aliphatic rings. The van der Waals surface area contributed by atoms with Gasteiger partial charge in [-0.05, 0) is 26.3 Å². The van der Waals surface area contributed by atoms with E-state index in [1.54, 1.807) is 11.0 Å². The van der Waals surface area contributed by atoms with E-state index in [1.807, 2.05) is 6.92 Å². The zero-order valence-corrected chi connectivity index (χ0v) is 11.8. The zero-order chi connectivity index (χ0) is 11.4. The summed E-state index contributed by atoms with van der Waals surface area (Å²) in [6.07, 6.45) is 5.15. The highest BCUT2D eigenvalue weighted by atomic mass is 35.5. The van der Waals surface area contributed by atoms with E-state index in [-0.39, 0.29) is 42.8 Å². The van der Waals surface area contributed by atoms with Crippen molar-refractivity contribution in [3.8, 4) is 0 Å². The third-order valence-electron chi connectivity index (χ3n) is 2.69. The van der Waals surface area contributed by atoms with Crippen LogP contribution < -0.4 is 10.6 Å². The number of nitrogens with one attached hydrogen (secondary N) is 2. The van der Waals surface area contributed by atoms with Crippen molar-refractivity contribution in [2.45, 2.75) is 38.4 Å². The second-order valence-corrected chi connectivity index (χ2v) is 4.18. The Morgan fingerprint density at radius 2 is 2.39 bits per heavy atom. The molecule has 1 amide bonds. The number of carbonyl (C=O) groups is 1. The molecule has 1 aromatic heterocycles. The lowest BCUT2D eigenvalue weighted by atomic mass is 10.2. The Balaban J connectivity index is 0.00000144. The van der Waals surface area contributed by atoms with Gasteiger partial charge in [0.15, 0.2) is 0 Å². The molecule has 6 nitrogen and oxygen atoms in total. The molecule has 2 N–H and O–H groups in total. The van der Waals surface area contributed by atoms with Gasteiger partial charge in [0.05, 0.1) is 12.6 Å². The van der Waals surface area contributed by atoms with Crippen LogP contribution in [0.5, 0.6) is 0 Å². The molecule has 1 saturated heterocycles. The molecule has 104 valence electrons. The molecule has 0 saturated carbocycles. The van der Waals surface area contributed by atoms with Crippen molar-refractivity contribution >= 4 is 30.7 Å². The average Bonchev–Trinajstić information content (AvgIpc) is 2.88. The zero-order valence-electron chi connectivity index (χ0n) is 10.2. The van der Waals surface area contributed by atoms with Gasteiger partial charge in [0.25, 0.3) is 0 Å².